The lowest BCUT2D eigenvalue weighted by molar-refractivity contribution is -0.101. The zero-order valence-electron chi connectivity index (χ0n) is 31.7. The van der Waals surface area contributed by atoms with Gasteiger partial charge < -0.3 is 14.4 Å². The first-order valence-corrected chi connectivity index (χ1v) is 21.2. The summed E-state index contributed by atoms with van der Waals surface area (Å²) in [5.74, 6) is 0.484. The summed E-state index contributed by atoms with van der Waals surface area (Å²) in [6, 6.07) is 12.5. The number of halogens is 1. The molecule has 1 saturated heterocycles. The van der Waals surface area contributed by atoms with Crippen LogP contribution >= 0.6 is 11.6 Å². The molecule has 3 heterocycles. The number of methoxy groups -OCH3 is 1. The lowest BCUT2D eigenvalue weighted by Gasteiger charge is -2.53. The van der Waals surface area contributed by atoms with E-state index in [0.717, 1.165) is 81.3 Å². The largest absolute Gasteiger partial charge is 0.490 e. The van der Waals surface area contributed by atoms with Gasteiger partial charge in [-0.1, -0.05) is 36.7 Å². The van der Waals surface area contributed by atoms with Crippen LogP contribution in [0.3, 0.4) is 0 Å². The van der Waals surface area contributed by atoms with Crippen molar-refractivity contribution in [2.75, 3.05) is 58.4 Å². The molecule has 1 N–H and O–H groups in total. The Balaban J connectivity index is 1.31. The van der Waals surface area contributed by atoms with Crippen molar-refractivity contribution in [2.45, 2.75) is 94.6 Å². The summed E-state index contributed by atoms with van der Waals surface area (Å²) in [6.45, 7) is 13.0. The summed E-state index contributed by atoms with van der Waals surface area (Å²) in [7, 11) is 0.116. The molecule has 2 bridgehead atoms. The van der Waals surface area contributed by atoms with Gasteiger partial charge in [0.15, 0.2) is 0 Å². The molecular weight excluding hydrogens is 696 g/mol. The summed E-state index contributed by atoms with van der Waals surface area (Å²) in [6.07, 6.45) is 10.1. The number of aryl methyl sites for hydroxylation is 1. The molecule has 2 fully saturated rings. The normalized spacial score (nSPS) is 36.1. The van der Waals surface area contributed by atoms with Gasteiger partial charge in [0.25, 0.3) is 5.91 Å². The van der Waals surface area contributed by atoms with Crippen molar-refractivity contribution < 1.29 is 22.7 Å². The van der Waals surface area contributed by atoms with E-state index in [1.165, 1.54) is 11.1 Å². The van der Waals surface area contributed by atoms with Crippen LogP contribution < -0.4 is 14.4 Å². The molecule has 5 aliphatic rings. The van der Waals surface area contributed by atoms with Crippen LogP contribution in [0.1, 0.15) is 81.3 Å². The minimum Gasteiger partial charge on any atom is -0.490 e. The number of anilines is 1. The molecule has 2 aliphatic carbocycles. The molecule has 11 heteroatoms. The third-order valence-electron chi connectivity index (χ3n) is 13.5. The predicted octanol–water partition coefficient (Wildman–Crippen LogP) is 6.29. The van der Waals surface area contributed by atoms with Crippen molar-refractivity contribution in [3.63, 3.8) is 0 Å². The van der Waals surface area contributed by atoms with Gasteiger partial charge in [0, 0.05) is 67.9 Å². The number of allylic oxidation sites excluding steroid dienone is 1. The SMILES string of the molecule is CO[C@]1(CN2C[C@@H](C)N(C)[C@@H](C)C2)/C=C\C[C@H](C)[C@@H](C)S(=O)(=O)NC(=O)c2ccc3c(c2)N(C[C@@H]2CC[C@H]21)C[C@@]1(CCCc2cc(Cl)ccc21)CO3. The van der Waals surface area contributed by atoms with Gasteiger partial charge in [-0.2, -0.15) is 0 Å². The number of hydrogen-bond acceptors (Lipinski definition) is 8. The number of rotatable bonds is 3. The number of fused-ring (bicyclic) bond motifs is 4. The number of benzene rings is 2. The van der Waals surface area contributed by atoms with E-state index in [9.17, 15) is 13.2 Å². The number of nitrogens with one attached hydrogen (secondary N) is 1. The molecular formula is C41H57ClN4O5S. The van der Waals surface area contributed by atoms with Crippen LogP contribution in [0.25, 0.3) is 0 Å². The fraction of sp³-hybridized carbons (Fsp3) is 0.634. The summed E-state index contributed by atoms with van der Waals surface area (Å²) < 4.78 is 43.0. The van der Waals surface area contributed by atoms with Gasteiger partial charge in [-0.25, -0.2) is 13.1 Å². The number of amides is 1. The third kappa shape index (κ3) is 7.03. The topological polar surface area (TPSA) is 91.4 Å². The fourth-order valence-corrected chi connectivity index (χ4v) is 11.3. The van der Waals surface area contributed by atoms with E-state index in [2.05, 4.69) is 64.6 Å². The average Bonchev–Trinajstić information content (AvgIpc) is 3.24. The first kappa shape index (κ1) is 37.7. The second kappa shape index (κ2) is 14.5. The molecule has 9 nitrogen and oxygen atoms in total. The molecule has 1 spiro atoms. The van der Waals surface area contributed by atoms with E-state index in [4.69, 9.17) is 21.1 Å². The molecule has 7 rings (SSSR count). The Bertz CT molecular complexity index is 1790. The van der Waals surface area contributed by atoms with E-state index in [0.29, 0.717) is 36.6 Å². The Kier molecular flexibility index (Phi) is 10.5. The lowest BCUT2D eigenvalue weighted by atomic mass is 9.63. The van der Waals surface area contributed by atoms with E-state index in [1.54, 1.807) is 13.0 Å². The molecule has 0 aromatic heterocycles. The van der Waals surface area contributed by atoms with E-state index < -0.39 is 26.8 Å². The van der Waals surface area contributed by atoms with E-state index in [-0.39, 0.29) is 17.3 Å². The summed E-state index contributed by atoms with van der Waals surface area (Å²) in [5, 5.41) is -0.0273. The minimum atomic E-state index is -3.95. The Labute approximate surface area is 316 Å². The van der Waals surface area contributed by atoms with E-state index in [1.807, 2.05) is 32.2 Å². The zero-order valence-corrected chi connectivity index (χ0v) is 33.3. The third-order valence-corrected chi connectivity index (χ3v) is 15.7. The second-order valence-corrected chi connectivity index (χ2v) is 19.2. The fourth-order valence-electron chi connectivity index (χ4n) is 9.80. The van der Waals surface area contributed by atoms with Gasteiger partial charge in [-0.05, 0) is 126 Å². The van der Waals surface area contributed by atoms with Crippen molar-refractivity contribution in [1.29, 1.82) is 0 Å². The number of piperazine rings is 1. The molecule has 1 saturated carbocycles. The number of nitrogens with zero attached hydrogens (tertiary/aromatic N) is 3. The maximum atomic E-state index is 13.6. The summed E-state index contributed by atoms with van der Waals surface area (Å²) >= 11 is 6.50. The Morgan fingerprint density at radius 3 is 2.52 bits per heavy atom. The second-order valence-electron chi connectivity index (χ2n) is 16.7. The smallest absolute Gasteiger partial charge is 0.264 e. The average molecular weight is 753 g/mol. The monoisotopic (exact) mass is 752 g/mol. The van der Waals surface area contributed by atoms with Gasteiger partial charge in [0.1, 0.15) is 11.4 Å². The highest BCUT2D eigenvalue weighted by molar-refractivity contribution is 7.90. The molecule has 2 aromatic carbocycles. The molecule has 3 aliphatic heterocycles. The van der Waals surface area contributed by atoms with Crippen LogP contribution in [0.4, 0.5) is 5.69 Å². The minimum absolute atomic E-state index is 0.217. The van der Waals surface area contributed by atoms with Gasteiger partial charge in [0.05, 0.1) is 17.5 Å². The highest BCUT2D eigenvalue weighted by Crippen LogP contribution is 2.49. The van der Waals surface area contributed by atoms with Gasteiger partial charge in [0.2, 0.25) is 10.0 Å². The first-order chi connectivity index (χ1) is 24.7. The van der Waals surface area contributed by atoms with Crippen LogP contribution in [0.15, 0.2) is 48.6 Å². The first-order valence-electron chi connectivity index (χ1n) is 19.3. The highest BCUT2D eigenvalue weighted by Gasteiger charge is 2.50. The number of carbonyl (C=O) groups is 1. The van der Waals surface area contributed by atoms with Crippen molar-refractivity contribution in [3.05, 3.63) is 70.3 Å². The lowest BCUT2D eigenvalue weighted by Crippen LogP contribution is -2.61. The van der Waals surface area contributed by atoms with Crippen LogP contribution in [0.5, 0.6) is 5.75 Å². The number of hydrogen-bond donors (Lipinski definition) is 1. The molecule has 8 atom stereocenters. The number of likely N-dealkylation sites (N-methyl/N-ethyl adjacent to an activating group) is 1. The van der Waals surface area contributed by atoms with Crippen LogP contribution in [0.2, 0.25) is 5.02 Å². The van der Waals surface area contributed by atoms with Crippen molar-refractivity contribution in [3.8, 4) is 5.75 Å². The van der Waals surface area contributed by atoms with Crippen LogP contribution in [-0.4, -0.2) is 101 Å². The van der Waals surface area contributed by atoms with Gasteiger partial charge in [-0.15, -0.1) is 0 Å². The highest BCUT2D eigenvalue weighted by atomic mass is 35.5. The van der Waals surface area contributed by atoms with E-state index >= 15 is 0 Å². The summed E-state index contributed by atoms with van der Waals surface area (Å²) in [5.41, 5.74) is 2.90. The zero-order chi connectivity index (χ0) is 37.0. The van der Waals surface area contributed by atoms with Gasteiger partial charge >= 0.3 is 0 Å². The quantitative estimate of drug-likeness (QED) is 0.366. The number of ether oxygens (including phenoxy) is 2. The van der Waals surface area contributed by atoms with Crippen molar-refractivity contribution in [1.82, 2.24) is 14.5 Å². The number of carbonyl (C=O) groups excluding carboxylic acids is 1. The molecule has 52 heavy (non-hydrogen) atoms. The van der Waals surface area contributed by atoms with Crippen LogP contribution in [-0.2, 0) is 26.6 Å². The molecule has 0 unspecified atom stereocenters. The molecule has 284 valence electrons. The standard InChI is InChI=1S/C41H57ClN4O5S/c1-27-9-7-18-41(50-6,25-45-21-28(2)44(5)29(3)22-45)36-14-11-33(36)23-46-24-40(17-8-10-31-19-34(42)13-15-35(31)40)26-51-38-16-12-32(20-37(38)46)39(47)43-52(48,49)30(27)4/h7,12-13,15-16,18-20,27-30,33,36H,8-11,14,17,21-26H2,1-6H3,(H,43,47)/b18-7-/t27-,28-,29+,30+,33-,36+,40-,41-/m0/s1. The predicted molar refractivity (Wildman–Crippen MR) is 208 cm³/mol. The Hall–Kier alpha value is -2.63. The molecule has 2 aromatic rings. The van der Waals surface area contributed by atoms with Crippen LogP contribution in [0, 0.1) is 17.8 Å². The Morgan fingerprint density at radius 1 is 1.04 bits per heavy atom. The molecule has 1 amide bonds. The van der Waals surface area contributed by atoms with Gasteiger partial charge in [-0.3, -0.25) is 14.6 Å². The maximum absolute atomic E-state index is 13.6. The maximum Gasteiger partial charge on any atom is 0.264 e. The van der Waals surface area contributed by atoms with Crippen molar-refractivity contribution in [2.24, 2.45) is 17.8 Å². The number of sulfonamides is 1. The molecule has 0 radical (unpaired) electrons. The van der Waals surface area contributed by atoms with Crippen molar-refractivity contribution >= 4 is 33.2 Å². The summed E-state index contributed by atoms with van der Waals surface area (Å²) in [4.78, 5) is 21.1. The Morgan fingerprint density at radius 2 is 1.81 bits per heavy atom.